The number of benzene rings is 2. The molecule has 9 heteroatoms. The predicted octanol–water partition coefficient (Wildman–Crippen LogP) is 0.253. The summed E-state index contributed by atoms with van der Waals surface area (Å²) in [5.41, 5.74) is 2.97. The Bertz CT molecular complexity index is 975. The van der Waals surface area contributed by atoms with Crippen LogP contribution in [0.2, 0.25) is 0 Å². The number of hydrogen-bond donors (Lipinski definition) is 3. The molecule has 27 heavy (non-hydrogen) atoms. The fraction of sp³-hybridized carbons (Fsp3) is 0.333. The van der Waals surface area contributed by atoms with Crippen LogP contribution in [0.5, 0.6) is 17.2 Å². The molecule has 0 spiro atoms. The smallest absolute Gasteiger partial charge is 0.238 e. The minimum atomic E-state index is -3.71. The number of ether oxygens (including phenoxy) is 3. The van der Waals surface area contributed by atoms with Crippen LogP contribution < -0.4 is 29.6 Å². The molecule has 2 aromatic rings. The van der Waals surface area contributed by atoms with Gasteiger partial charge in [-0.1, -0.05) is 0 Å². The number of fused-ring (bicyclic) bond motifs is 2. The van der Waals surface area contributed by atoms with Crippen molar-refractivity contribution in [3.63, 3.8) is 0 Å². The maximum atomic E-state index is 11.5. The van der Waals surface area contributed by atoms with Gasteiger partial charge in [-0.25, -0.2) is 13.6 Å². The Kier molecular flexibility index (Phi) is 4.37. The van der Waals surface area contributed by atoms with Gasteiger partial charge in [0, 0.05) is 12.1 Å². The summed E-state index contributed by atoms with van der Waals surface area (Å²) < 4.78 is 39.7. The molecule has 2 aliphatic heterocycles. The molecule has 4 N–H and O–H groups in total. The van der Waals surface area contributed by atoms with E-state index in [-0.39, 0.29) is 17.9 Å². The molecule has 0 saturated carbocycles. The molecule has 0 aromatic heterocycles. The Morgan fingerprint density at radius 1 is 1.26 bits per heavy atom. The number of anilines is 1. The third-order valence-electron chi connectivity index (χ3n) is 5.01. The minimum Gasteiger partial charge on any atom is -0.492 e. The van der Waals surface area contributed by atoms with E-state index in [1.54, 1.807) is 19.2 Å². The zero-order valence-electron chi connectivity index (χ0n) is 15.1. The first kappa shape index (κ1) is 17.9. The van der Waals surface area contributed by atoms with Crippen LogP contribution in [0.15, 0.2) is 35.2 Å². The summed E-state index contributed by atoms with van der Waals surface area (Å²) in [7, 11) is 0.0120. The van der Waals surface area contributed by atoms with Gasteiger partial charge >= 0.3 is 0 Å². The van der Waals surface area contributed by atoms with Crippen molar-refractivity contribution in [3.05, 3.63) is 41.5 Å². The van der Waals surface area contributed by atoms with Crippen molar-refractivity contribution in [2.75, 3.05) is 32.8 Å². The minimum absolute atomic E-state index is 0.0822. The van der Waals surface area contributed by atoms with Crippen molar-refractivity contribution in [2.45, 2.75) is 17.5 Å². The highest BCUT2D eigenvalue weighted by Crippen LogP contribution is 2.47. The summed E-state index contributed by atoms with van der Waals surface area (Å²) >= 11 is 0. The standard InChI is InChI=1S/C18H21N3O5S/c1-21-8-7-11-9-14-16(26-10-25-14)17(24-2)15(11)18(21)20-12-3-5-13(6-4-12)27(19,22)23/h3-6,9,18,20H,7-8,10H2,1-2H3,(H2,19,22,23)/p+1/t18-/m0/s1. The average molecular weight is 392 g/mol. The summed E-state index contributed by atoms with van der Waals surface area (Å²) in [6, 6.07) is 8.42. The third kappa shape index (κ3) is 3.18. The normalized spacial score (nSPS) is 20.9. The highest BCUT2D eigenvalue weighted by Gasteiger charge is 2.36. The number of primary sulfonamides is 1. The molecule has 0 amide bonds. The fourth-order valence-corrected chi connectivity index (χ4v) is 4.14. The molecule has 8 nitrogen and oxygen atoms in total. The van der Waals surface area contributed by atoms with Crippen molar-refractivity contribution >= 4 is 15.7 Å². The molecule has 4 rings (SSSR count). The van der Waals surface area contributed by atoms with Gasteiger partial charge in [-0.15, -0.1) is 0 Å². The lowest BCUT2D eigenvalue weighted by Crippen LogP contribution is -3.11. The van der Waals surface area contributed by atoms with Gasteiger partial charge in [0.2, 0.25) is 22.6 Å². The highest BCUT2D eigenvalue weighted by molar-refractivity contribution is 7.89. The van der Waals surface area contributed by atoms with E-state index >= 15 is 0 Å². The van der Waals surface area contributed by atoms with Crippen LogP contribution in [0, 0.1) is 0 Å². The molecule has 2 atom stereocenters. The second-order valence-electron chi connectivity index (χ2n) is 6.71. The first-order valence-electron chi connectivity index (χ1n) is 8.59. The van der Waals surface area contributed by atoms with Crippen molar-refractivity contribution < 1.29 is 27.5 Å². The summed E-state index contributed by atoms with van der Waals surface area (Å²) in [5.74, 6) is 2.02. The van der Waals surface area contributed by atoms with Gasteiger partial charge in [-0.05, 0) is 35.9 Å². The quantitative estimate of drug-likeness (QED) is 0.689. The lowest BCUT2D eigenvalue weighted by atomic mass is 9.94. The fourth-order valence-electron chi connectivity index (χ4n) is 3.63. The van der Waals surface area contributed by atoms with E-state index in [4.69, 9.17) is 19.3 Å². The SMILES string of the molecule is COc1c2c(cc3c1[C@@H](Nc1ccc(S(N)(=O)=O)cc1)[NH+](C)CC3)OCO2. The maximum Gasteiger partial charge on any atom is 0.238 e. The van der Waals surface area contributed by atoms with Gasteiger partial charge in [0.25, 0.3) is 0 Å². The Balaban J connectivity index is 1.72. The molecule has 0 bridgehead atoms. The third-order valence-corrected chi connectivity index (χ3v) is 5.94. The van der Waals surface area contributed by atoms with E-state index < -0.39 is 10.0 Å². The van der Waals surface area contributed by atoms with Crippen molar-refractivity contribution in [2.24, 2.45) is 5.14 Å². The average Bonchev–Trinajstić information content (AvgIpc) is 3.10. The molecule has 0 fully saturated rings. The Morgan fingerprint density at radius 3 is 2.67 bits per heavy atom. The van der Waals surface area contributed by atoms with Gasteiger partial charge in [-0.2, -0.15) is 0 Å². The van der Waals surface area contributed by atoms with E-state index in [2.05, 4.69) is 12.4 Å². The topological polar surface area (TPSA) is 104 Å². The molecule has 0 aliphatic carbocycles. The molecule has 0 saturated heterocycles. The molecule has 0 radical (unpaired) electrons. The number of sulfonamides is 1. The van der Waals surface area contributed by atoms with Gasteiger partial charge in [0.15, 0.2) is 17.7 Å². The number of quaternary nitrogens is 1. The van der Waals surface area contributed by atoms with E-state index in [0.717, 1.165) is 29.8 Å². The number of nitrogens with one attached hydrogen (secondary N) is 2. The summed E-state index contributed by atoms with van der Waals surface area (Å²) in [5, 5.41) is 8.65. The number of hydrogen-bond acceptors (Lipinski definition) is 6. The summed E-state index contributed by atoms with van der Waals surface area (Å²) in [4.78, 5) is 1.34. The van der Waals surface area contributed by atoms with Gasteiger partial charge in [-0.3, -0.25) is 0 Å². The Morgan fingerprint density at radius 2 is 2.00 bits per heavy atom. The maximum absolute atomic E-state index is 11.5. The molecule has 2 heterocycles. The van der Waals surface area contributed by atoms with Crippen molar-refractivity contribution in [1.82, 2.24) is 0 Å². The van der Waals surface area contributed by atoms with Crippen molar-refractivity contribution in [3.8, 4) is 17.2 Å². The molecular formula is C18H22N3O5S+. The number of methoxy groups -OCH3 is 1. The van der Waals surface area contributed by atoms with Crippen LogP contribution in [0.4, 0.5) is 5.69 Å². The van der Waals surface area contributed by atoms with Crippen LogP contribution in [0.25, 0.3) is 0 Å². The lowest BCUT2D eigenvalue weighted by Gasteiger charge is -2.33. The highest BCUT2D eigenvalue weighted by atomic mass is 32.2. The molecule has 144 valence electrons. The van der Waals surface area contributed by atoms with Gasteiger partial charge < -0.3 is 24.4 Å². The van der Waals surface area contributed by atoms with Crippen LogP contribution in [-0.2, 0) is 16.4 Å². The summed E-state index contributed by atoms with van der Waals surface area (Å²) in [6.07, 6.45) is 0.815. The summed E-state index contributed by atoms with van der Waals surface area (Å²) in [6.45, 7) is 1.12. The predicted molar refractivity (Wildman–Crippen MR) is 98.8 cm³/mol. The van der Waals surface area contributed by atoms with Crippen LogP contribution in [-0.4, -0.2) is 35.9 Å². The number of nitrogens with two attached hydrogens (primary N) is 1. The van der Waals surface area contributed by atoms with E-state index in [1.165, 1.54) is 17.0 Å². The largest absolute Gasteiger partial charge is 0.492 e. The van der Waals surface area contributed by atoms with Gasteiger partial charge in [0.05, 0.1) is 31.2 Å². The Hall–Kier alpha value is -2.49. The van der Waals surface area contributed by atoms with Gasteiger partial charge in [0.1, 0.15) is 0 Å². The van der Waals surface area contributed by atoms with E-state index in [9.17, 15) is 8.42 Å². The second kappa shape index (κ2) is 6.59. The van der Waals surface area contributed by atoms with Crippen LogP contribution in [0.3, 0.4) is 0 Å². The monoisotopic (exact) mass is 392 g/mol. The second-order valence-corrected chi connectivity index (χ2v) is 8.27. The van der Waals surface area contributed by atoms with Crippen molar-refractivity contribution in [1.29, 1.82) is 0 Å². The Labute approximate surface area is 157 Å². The number of likely N-dealkylation sites (N-methyl/N-ethyl adjacent to an activating group) is 1. The van der Waals surface area contributed by atoms with E-state index in [0.29, 0.717) is 17.2 Å². The van der Waals surface area contributed by atoms with E-state index in [1.807, 2.05) is 6.07 Å². The molecule has 2 aromatic carbocycles. The zero-order chi connectivity index (χ0) is 19.2. The molecule has 1 unspecified atom stereocenters. The zero-order valence-corrected chi connectivity index (χ0v) is 15.9. The first-order chi connectivity index (χ1) is 12.9. The van der Waals surface area contributed by atoms with Crippen LogP contribution >= 0.6 is 0 Å². The lowest BCUT2D eigenvalue weighted by molar-refractivity contribution is -0.910. The number of rotatable bonds is 4. The van der Waals surface area contributed by atoms with Crippen LogP contribution in [0.1, 0.15) is 17.3 Å². The molecular weight excluding hydrogens is 370 g/mol. The first-order valence-corrected chi connectivity index (χ1v) is 10.1. The molecule has 2 aliphatic rings.